The Bertz CT molecular complexity index is 493. The third-order valence-corrected chi connectivity index (χ3v) is 3.30. The van der Waals surface area contributed by atoms with Crippen molar-refractivity contribution < 1.29 is 19.1 Å². The minimum Gasteiger partial charge on any atom is -0.493 e. The van der Waals surface area contributed by atoms with Gasteiger partial charge in [-0.2, -0.15) is 0 Å². The fourth-order valence-electron chi connectivity index (χ4n) is 2.25. The highest BCUT2D eigenvalue weighted by Gasteiger charge is 2.22. The second-order valence-corrected chi connectivity index (χ2v) is 4.80. The Morgan fingerprint density at radius 2 is 2.11 bits per heavy atom. The summed E-state index contributed by atoms with van der Waals surface area (Å²) in [5.41, 5.74) is 0.587. The van der Waals surface area contributed by atoms with Crippen LogP contribution >= 0.6 is 0 Å². The van der Waals surface area contributed by atoms with Crippen LogP contribution in [-0.4, -0.2) is 24.8 Å². The van der Waals surface area contributed by atoms with Crippen molar-refractivity contribution in [3.05, 3.63) is 23.8 Å². The average molecular weight is 262 g/mol. The fraction of sp³-hybridized carbons (Fsp3) is 0.467. The molecule has 1 saturated carbocycles. The number of Topliss-reactive ketones (excluding diaryl/α,β-unsaturated/α-hetero) is 2. The molecule has 0 N–H and O–H groups in total. The van der Waals surface area contributed by atoms with Gasteiger partial charge < -0.3 is 9.47 Å². The molecule has 0 bridgehead atoms. The highest BCUT2D eigenvalue weighted by atomic mass is 16.5. The zero-order valence-corrected chi connectivity index (χ0v) is 11.3. The predicted molar refractivity (Wildman–Crippen MR) is 70.9 cm³/mol. The molecule has 1 fully saturated rings. The highest BCUT2D eigenvalue weighted by Crippen LogP contribution is 2.31. The molecule has 1 aliphatic carbocycles. The third-order valence-electron chi connectivity index (χ3n) is 3.30. The second-order valence-electron chi connectivity index (χ2n) is 4.80. The summed E-state index contributed by atoms with van der Waals surface area (Å²) in [7, 11) is 1.54. The first-order valence-corrected chi connectivity index (χ1v) is 6.47. The summed E-state index contributed by atoms with van der Waals surface area (Å²) in [6, 6.07) is 5.11. The van der Waals surface area contributed by atoms with Crippen LogP contribution < -0.4 is 9.47 Å². The molecule has 0 amide bonds. The topological polar surface area (TPSA) is 52.6 Å². The Balaban J connectivity index is 2.15. The molecule has 0 aromatic heterocycles. The molecule has 1 aromatic carbocycles. The minimum atomic E-state index is -0.0849. The maximum absolute atomic E-state index is 11.4. The molecular weight excluding hydrogens is 244 g/mol. The van der Waals surface area contributed by atoms with Gasteiger partial charge in [0.2, 0.25) is 0 Å². The van der Waals surface area contributed by atoms with Crippen molar-refractivity contribution in [2.75, 3.05) is 7.11 Å². The van der Waals surface area contributed by atoms with Crippen molar-refractivity contribution in [2.45, 2.75) is 38.7 Å². The molecular formula is C15H18O4. The maximum Gasteiger partial charge on any atom is 0.161 e. The highest BCUT2D eigenvalue weighted by molar-refractivity contribution is 5.94. The molecule has 102 valence electrons. The van der Waals surface area contributed by atoms with Crippen LogP contribution in [0.15, 0.2) is 18.2 Å². The first kappa shape index (κ1) is 13.6. The van der Waals surface area contributed by atoms with Crippen LogP contribution in [0.3, 0.4) is 0 Å². The molecule has 1 unspecified atom stereocenters. The van der Waals surface area contributed by atoms with Gasteiger partial charge in [-0.25, -0.2) is 0 Å². The summed E-state index contributed by atoms with van der Waals surface area (Å²) in [5.74, 6) is 1.35. The number of hydrogen-bond donors (Lipinski definition) is 0. The Kier molecular flexibility index (Phi) is 4.20. The summed E-state index contributed by atoms with van der Waals surface area (Å²) in [4.78, 5) is 22.7. The van der Waals surface area contributed by atoms with E-state index < -0.39 is 0 Å². The Hall–Kier alpha value is -1.84. The van der Waals surface area contributed by atoms with Crippen LogP contribution in [-0.2, 0) is 4.79 Å². The van der Waals surface area contributed by atoms with Gasteiger partial charge in [0.1, 0.15) is 11.9 Å². The van der Waals surface area contributed by atoms with Gasteiger partial charge in [-0.1, -0.05) is 0 Å². The molecule has 19 heavy (non-hydrogen) atoms. The number of carbonyl (C=O) groups is 2. The lowest BCUT2D eigenvalue weighted by atomic mass is 9.96. The molecule has 0 radical (unpaired) electrons. The number of ketones is 2. The number of ether oxygens (including phenoxy) is 2. The Morgan fingerprint density at radius 1 is 1.32 bits per heavy atom. The average Bonchev–Trinajstić information content (AvgIpc) is 2.39. The van der Waals surface area contributed by atoms with Crippen LogP contribution in [0, 0.1) is 0 Å². The van der Waals surface area contributed by atoms with Gasteiger partial charge in [0.15, 0.2) is 17.3 Å². The number of methoxy groups -OCH3 is 1. The molecule has 1 aliphatic rings. The predicted octanol–water partition coefficient (Wildman–Crippen LogP) is 2.79. The summed E-state index contributed by atoms with van der Waals surface area (Å²) in [6.07, 6.45) is 2.77. The van der Waals surface area contributed by atoms with Crippen LogP contribution in [0.1, 0.15) is 43.0 Å². The van der Waals surface area contributed by atoms with Gasteiger partial charge in [-0.05, 0) is 38.0 Å². The lowest BCUT2D eigenvalue weighted by Crippen LogP contribution is -2.25. The monoisotopic (exact) mass is 262 g/mol. The van der Waals surface area contributed by atoms with Gasteiger partial charge in [-0.3, -0.25) is 9.59 Å². The summed E-state index contributed by atoms with van der Waals surface area (Å²) >= 11 is 0. The van der Waals surface area contributed by atoms with E-state index in [0.29, 0.717) is 29.9 Å². The van der Waals surface area contributed by atoms with E-state index in [9.17, 15) is 9.59 Å². The van der Waals surface area contributed by atoms with Crippen molar-refractivity contribution in [1.82, 2.24) is 0 Å². The molecule has 2 rings (SSSR count). The molecule has 1 atom stereocenters. The largest absolute Gasteiger partial charge is 0.493 e. The van der Waals surface area contributed by atoms with E-state index >= 15 is 0 Å². The van der Waals surface area contributed by atoms with Crippen LogP contribution in [0.5, 0.6) is 11.5 Å². The molecule has 0 aliphatic heterocycles. The van der Waals surface area contributed by atoms with Crippen LogP contribution in [0.4, 0.5) is 0 Å². The van der Waals surface area contributed by atoms with E-state index in [2.05, 4.69) is 0 Å². The van der Waals surface area contributed by atoms with Crippen molar-refractivity contribution in [3.63, 3.8) is 0 Å². The minimum absolute atomic E-state index is 0.0160. The van der Waals surface area contributed by atoms with E-state index in [1.165, 1.54) is 14.0 Å². The molecule has 4 nitrogen and oxygen atoms in total. The zero-order valence-electron chi connectivity index (χ0n) is 11.3. The van der Waals surface area contributed by atoms with E-state index in [-0.39, 0.29) is 17.7 Å². The number of benzene rings is 1. The molecule has 1 aromatic rings. The van der Waals surface area contributed by atoms with Gasteiger partial charge in [0, 0.05) is 18.4 Å². The van der Waals surface area contributed by atoms with Crippen LogP contribution in [0.2, 0.25) is 0 Å². The third kappa shape index (κ3) is 3.34. The number of hydrogen-bond acceptors (Lipinski definition) is 4. The first-order chi connectivity index (χ1) is 9.10. The lowest BCUT2D eigenvalue weighted by molar-refractivity contribution is -0.122. The fourth-order valence-corrected chi connectivity index (χ4v) is 2.25. The van der Waals surface area contributed by atoms with E-state index in [0.717, 1.165) is 12.8 Å². The molecule has 4 heteroatoms. The molecule has 0 spiro atoms. The van der Waals surface area contributed by atoms with Gasteiger partial charge >= 0.3 is 0 Å². The summed E-state index contributed by atoms with van der Waals surface area (Å²) < 4.78 is 11.1. The zero-order chi connectivity index (χ0) is 13.8. The Morgan fingerprint density at radius 3 is 2.74 bits per heavy atom. The lowest BCUT2D eigenvalue weighted by Gasteiger charge is -2.23. The standard InChI is InChI=1S/C15H18O4/c1-10(16)11-6-7-14(15(8-11)18-2)19-13-5-3-4-12(17)9-13/h6-8,13H,3-5,9H2,1-2H3. The van der Waals surface area contributed by atoms with E-state index in [4.69, 9.17) is 9.47 Å². The first-order valence-electron chi connectivity index (χ1n) is 6.47. The van der Waals surface area contributed by atoms with Gasteiger partial charge in [0.25, 0.3) is 0 Å². The summed E-state index contributed by atoms with van der Waals surface area (Å²) in [6.45, 7) is 1.51. The van der Waals surface area contributed by atoms with Crippen molar-refractivity contribution in [3.8, 4) is 11.5 Å². The Labute approximate surface area is 112 Å². The quantitative estimate of drug-likeness (QED) is 0.783. The maximum atomic E-state index is 11.4. The van der Waals surface area contributed by atoms with E-state index in [1.807, 2.05) is 0 Å². The number of carbonyl (C=O) groups excluding carboxylic acids is 2. The van der Waals surface area contributed by atoms with E-state index in [1.54, 1.807) is 18.2 Å². The van der Waals surface area contributed by atoms with Crippen molar-refractivity contribution in [2.24, 2.45) is 0 Å². The summed E-state index contributed by atoms with van der Waals surface area (Å²) in [5, 5.41) is 0. The van der Waals surface area contributed by atoms with Crippen molar-refractivity contribution in [1.29, 1.82) is 0 Å². The second kappa shape index (κ2) is 5.87. The van der Waals surface area contributed by atoms with Crippen molar-refractivity contribution >= 4 is 11.6 Å². The smallest absolute Gasteiger partial charge is 0.161 e. The number of rotatable bonds is 4. The normalized spacial score (nSPS) is 19.1. The van der Waals surface area contributed by atoms with Gasteiger partial charge in [0.05, 0.1) is 7.11 Å². The molecule has 0 saturated heterocycles. The SMILES string of the molecule is COc1cc(C(C)=O)ccc1OC1CCCC(=O)C1. The van der Waals surface area contributed by atoms with Gasteiger partial charge in [-0.15, -0.1) is 0 Å². The van der Waals surface area contributed by atoms with Crippen LogP contribution in [0.25, 0.3) is 0 Å². The molecule has 0 heterocycles.